The summed E-state index contributed by atoms with van der Waals surface area (Å²) in [6.07, 6.45) is 1.02. The number of carbonyl (C=O) groups is 3. The van der Waals surface area contributed by atoms with Gasteiger partial charge in [-0.05, 0) is 13.3 Å². The third-order valence-electron chi connectivity index (χ3n) is 3.67. The molecule has 2 amide bonds. The van der Waals surface area contributed by atoms with Crippen molar-refractivity contribution < 1.29 is 19.1 Å². The first-order valence-electron chi connectivity index (χ1n) is 7.59. The molecule has 3 rings (SSSR count). The number of rotatable bonds is 4. The van der Waals surface area contributed by atoms with Gasteiger partial charge in [-0.25, -0.2) is 9.78 Å². The molecule has 1 fully saturated rings. The standard InChI is InChI=1S/C17H16N2O4S/c1-11-18-15(12-6-3-2-4-7-12)16(24-11)17(22)23-10-14(21)19-9-5-8-13(19)20/h2-4,6-7H,5,8-10H2,1H3. The summed E-state index contributed by atoms with van der Waals surface area (Å²) in [7, 11) is 0. The number of aryl methyl sites for hydroxylation is 1. The SMILES string of the molecule is Cc1nc(-c2ccccc2)c(C(=O)OCC(=O)N2CCCC2=O)s1. The number of ether oxygens (including phenoxy) is 1. The van der Waals surface area contributed by atoms with Crippen molar-refractivity contribution >= 4 is 29.1 Å². The van der Waals surface area contributed by atoms with Crippen molar-refractivity contribution in [3.8, 4) is 11.3 Å². The highest BCUT2D eigenvalue weighted by molar-refractivity contribution is 7.14. The summed E-state index contributed by atoms with van der Waals surface area (Å²) in [4.78, 5) is 41.7. The average Bonchev–Trinajstić information content (AvgIpc) is 3.19. The predicted octanol–water partition coefficient (Wildman–Crippen LogP) is 2.42. The van der Waals surface area contributed by atoms with E-state index in [4.69, 9.17) is 4.74 Å². The van der Waals surface area contributed by atoms with Crippen LogP contribution in [-0.4, -0.2) is 40.8 Å². The molecule has 24 heavy (non-hydrogen) atoms. The van der Waals surface area contributed by atoms with Crippen molar-refractivity contribution in [3.63, 3.8) is 0 Å². The molecule has 0 N–H and O–H groups in total. The molecule has 0 atom stereocenters. The van der Waals surface area contributed by atoms with Crippen molar-refractivity contribution in [2.45, 2.75) is 19.8 Å². The smallest absolute Gasteiger partial charge is 0.351 e. The van der Waals surface area contributed by atoms with Gasteiger partial charge < -0.3 is 4.74 Å². The zero-order valence-electron chi connectivity index (χ0n) is 13.2. The van der Waals surface area contributed by atoms with Crippen molar-refractivity contribution in [1.29, 1.82) is 0 Å². The summed E-state index contributed by atoms with van der Waals surface area (Å²) in [5, 5.41) is 0.738. The largest absolute Gasteiger partial charge is 0.451 e. The van der Waals surface area contributed by atoms with Gasteiger partial charge in [-0.15, -0.1) is 11.3 Å². The lowest BCUT2D eigenvalue weighted by atomic mass is 10.1. The van der Waals surface area contributed by atoms with E-state index in [2.05, 4.69) is 4.98 Å². The molecule has 0 bridgehead atoms. The van der Waals surface area contributed by atoms with E-state index in [-0.39, 0.29) is 5.91 Å². The molecule has 0 aliphatic carbocycles. The van der Waals surface area contributed by atoms with Gasteiger partial charge in [0, 0.05) is 18.5 Å². The van der Waals surface area contributed by atoms with Crippen LogP contribution < -0.4 is 0 Å². The van der Waals surface area contributed by atoms with Gasteiger partial charge in [-0.3, -0.25) is 14.5 Å². The summed E-state index contributed by atoms with van der Waals surface area (Å²) in [5.41, 5.74) is 1.36. The van der Waals surface area contributed by atoms with Crippen molar-refractivity contribution in [1.82, 2.24) is 9.88 Å². The lowest BCUT2D eigenvalue weighted by Crippen LogP contribution is -2.35. The summed E-state index contributed by atoms with van der Waals surface area (Å²) in [6.45, 7) is 1.77. The van der Waals surface area contributed by atoms with Gasteiger partial charge in [0.1, 0.15) is 4.88 Å². The van der Waals surface area contributed by atoms with Gasteiger partial charge in [0.2, 0.25) is 5.91 Å². The average molecular weight is 344 g/mol. The number of benzene rings is 1. The van der Waals surface area contributed by atoms with Crippen LogP contribution in [0.3, 0.4) is 0 Å². The zero-order chi connectivity index (χ0) is 17.1. The predicted molar refractivity (Wildman–Crippen MR) is 88.5 cm³/mol. The number of carbonyl (C=O) groups excluding carboxylic acids is 3. The van der Waals surface area contributed by atoms with Gasteiger partial charge in [0.15, 0.2) is 6.61 Å². The fourth-order valence-electron chi connectivity index (χ4n) is 2.54. The van der Waals surface area contributed by atoms with E-state index in [1.165, 1.54) is 11.3 Å². The molecule has 2 aromatic rings. The van der Waals surface area contributed by atoms with Crippen LogP contribution in [0.15, 0.2) is 30.3 Å². The third-order valence-corrected chi connectivity index (χ3v) is 4.62. The molecule has 0 saturated carbocycles. The first-order chi connectivity index (χ1) is 11.6. The van der Waals surface area contributed by atoms with Crippen LogP contribution in [0.5, 0.6) is 0 Å². The van der Waals surface area contributed by atoms with Gasteiger partial charge in [0.05, 0.1) is 10.7 Å². The van der Waals surface area contributed by atoms with Crippen molar-refractivity contribution in [3.05, 3.63) is 40.2 Å². The molecule has 0 radical (unpaired) electrons. The van der Waals surface area contributed by atoms with E-state index in [9.17, 15) is 14.4 Å². The fraction of sp³-hybridized carbons (Fsp3) is 0.294. The molecule has 0 spiro atoms. The van der Waals surface area contributed by atoms with E-state index in [1.807, 2.05) is 37.3 Å². The zero-order valence-corrected chi connectivity index (χ0v) is 14.0. The van der Waals surface area contributed by atoms with Gasteiger partial charge in [-0.2, -0.15) is 0 Å². The number of hydrogen-bond acceptors (Lipinski definition) is 6. The first-order valence-corrected chi connectivity index (χ1v) is 8.41. The van der Waals surface area contributed by atoms with E-state index in [0.29, 0.717) is 30.0 Å². The Morgan fingerprint density at radius 1 is 1.29 bits per heavy atom. The molecule has 0 unspecified atom stereocenters. The highest BCUT2D eigenvalue weighted by atomic mass is 32.1. The Kier molecular flexibility index (Phi) is 4.71. The minimum absolute atomic E-state index is 0.213. The lowest BCUT2D eigenvalue weighted by Gasteiger charge is -2.13. The summed E-state index contributed by atoms with van der Waals surface area (Å²) < 4.78 is 5.11. The van der Waals surface area contributed by atoms with Crippen LogP contribution in [0.2, 0.25) is 0 Å². The second-order valence-electron chi connectivity index (χ2n) is 5.40. The number of aromatic nitrogens is 1. The minimum atomic E-state index is -0.598. The van der Waals surface area contributed by atoms with Crippen molar-refractivity contribution in [2.24, 2.45) is 0 Å². The molecule has 2 heterocycles. The minimum Gasteiger partial charge on any atom is -0.451 e. The van der Waals surface area contributed by atoms with Crippen LogP contribution in [0.1, 0.15) is 27.5 Å². The molecule has 1 aromatic heterocycles. The molecule has 7 heteroatoms. The molecule has 6 nitrogen and oxygen atoms in total. The Balaban J connectivity index is 1.72. The molecule has 1 saturated heterocycles. The van der Waals surface area contributed by atoms with Crippen LogP contribution in [0, 0.1) is 6.92 Å². The number of likely N-dealkylation sites (tertiary alicyclic amines) is 1. The van der Waals surface area contributed by atoms with E-state index < -0.39 is 18.5 Å². The molecular formula is C17H16N2O4S. The number of thiazole rings is 1. The lowest BCUT2D eigenvalue weighted by molar-refractivity contribution is -0.143. The summed E-state index contributed by atoms with van der Waals surface area (Å²) in [5.74, 6) is -1.29. The van der Waals surface area contributed by atoms with Gasteiger partial charge >= 0.3 is 5.97 Å². The maximum atomic E-state index is 12.3. The van der Waals surface area contributed by atoms with Crippen LogP contribution in [0.25, 0.3) is 11.3 Å². The number of imide groups is 1. The Morgan fingerprint density at radius 3 is 2.71 bits per heavy atom. The Labute approximate surface area is 143 Å². The van der Waals surface area contributed by atoms with Crippen molar-refractivity contribution in [2.75, 3.05) is 13.2 Å². The first kappa shape index (κ1) is 16.3. The molecule has 1 aliphatic rings. The van der Waals surface area contributed by atoms with E-state index in [0.717, 1.165) is 15.5 Å². The molecular weight excluding hydrogens is 328 g/mol. The molecule has 1 aromatic carbocycles. The Morgan fingerprint density at radius 2 is 2.04 bits per heavy atom. The topological polar surface area (TPSA) is 76.6 Å². The van der Waals surface area contributed by atoms with E-state index in [1.54, 1.807) is 0 Å². The normalized spacial score (nSPS) is 14.0. The maximum Gasteiger partial charge on any atom is 0.351 e. The van der Waals surface area contributed by atoms with E-state index >= 15 is 0 Å². The van der Waals surface area contributed by atoms with Gasteiger partial charge in [-0.1, -0.05) is 30.3 Å². The number of amides is 2. The van der Waals surface area contributed by atoms with Crippen LogP contribution >= 0.6 is 11.3 Å². The summed E-state index contributed by atoms with van der Waals surface area (Å²) >= 11 is 1.22. The molecule has 124 valence electrons. The Hall–Kier alpha value is -2.54. The molecule has 1 aliphatic heterocycles. The number of hydrogen-bond donors (Lipinski definition) is 0. The number of nitrogens with zero attached hydrogens (tertiary/aromatic N) is 2. The highest BCUT2D eigenvalue weighted by Gasteiger charge is 2.28. The van der Waals surface area contributed by atoms with Crippen LogP contribution in [-0.2, 0) is 14.3 Å². The number of esters is 1. The second kappa shape index (κ2) is 6.92. The van der Waals surface area contributed by atoms with Crippen LogP contribution in [0.4, 0.5) is 0 Å². The maximum absolute atomic E-state index is 12.3. The summed E-state index contributed by atoms with van der Waals surface area (Å²) in [6, 6.07) is 9.33. The second-order valence-corrected chi connectivity index (χ2v) is 6.60. The quantitative estimate of drug-likeness (QED) is 0.796. The van der Waals surface area contributed by atoms with Gasteiger partial charge in [0.25, 0.3) is 5.91 Å². The fourth-order valence-corrected chi connectivity index (χ4v) is 3.37. The highest BCUT2D eigenvalue weighted by Crippen LogP contribution is 2.28. The Bertz CT molecular complexity index is 785. The monoisotopic (exact) mass is 344 g/mol. The third kappa shape index (κ3) is 3.35.